The van der Waals surface area contributed by atoms with E-state index in [0.717, 1.165) is 22.1 Å². The Morgan fingerprint density at radius 1 is 1.25 bits per heavy atom. The van der Waals surface area contributed by atoms with E-state index in [1.807, 2.05) is 23.7 Å². The van der Waals surface area contributed by atoms with Crippen LogP contribution in [0.5, 0.6) is 11.5 Å². The number of aromatic nitrogens is 1. The smallest absolute Gasteiger partial charge is 0.161 e. The second kappa shape index (κ2) is 5.81. The number of hydrogen-bond acceptors (Lipinski definition) is 5. The number of methoxy groups -OCH3 is 2. The van der Waals surface area contributed by atoms with Crippen molar-refractivity contribution >= 4 is 11.3 Å². The quantitative estimate of drug-likeness (QED) is 0.888. The molecule has 1 atom stereocenters. The van der Waals surface area contributed by atoms with E-state index >= 15 is 0 Å². The van der Waals surface area contributed by atoms with Gasteiger partial charge >= 0.3 is 0 Å². The van der Waals surface area contributed by atoms with Crippen LogP contribution >= 0.6 is 11.3 Å². The first kappa shape index (κ1) is 13.4. The van der Waals surface area contributed by atoms with Crippen molar-refractivity contribution in [3.63, 3.8) is 0 Å². The van der Waals surface area contributed by atoms with Crippen LogP contribution < -0.4 is 14.8 Å². The van der Waals surface area contributed by atoms with Crippen molar-refractivity contribution in [1.29, 1.82) is 0 Å². The number of hydrogen-bond donors (Lipinski definition) is 1. The molecule has 1 saturated carbocycles. The first-order valence-electron chi connectivity index (χ1n) is 6.69. The van der Waals surface area contributed by atoms with Crippen molar-refractivity contribution in [2.75, 3.05) is 14.2 Å². The number of nitrogens with one attached hydrogen (secondary N) is 1. The Kier molecular flexibility index (Phi) is 3.89. The Labute approximate surface area is 122 Å². The molecule has 1 aliphatic rings. The molecule has 106 valence electrons. The first-order chi connectivity index (χ1) is 9.81. The molecule has 3 rings (SSSR count). The van der Waals surface area contributed by atoms with Gasteiger partial charge in [-0.15, -0.1) is 11.3 Å². The van der Waals surface area contributed by atoms with Crippen LogP contribution in [0, 0.1) is 0 Å². The van der Waals surface area contributed by atoms with Crippen molar-refractivity contribution in [3.05, 3.63) is 40.3 Å². The SMILES string of the molecule is COc1ccc(C(NC2CC2)c2nccs2)cc1OC. The minimum atomic E-state index is 0.127. The average Bonchev–Trinajstić information content (AvgIpc) is 3.15. The molecule has 1 unspecified atom stereocenters. The van der Waals surface area contributed by atoms with Gasteiger partial charge in [0.15, 0.2) is 11.5 Å². The molecule has 5 heteroatoms. The molecule has 20 heavy (non-hydrogen) atoms. The predicted octanol–water partition coefficient (Wildman–Crippen LogP) is 3.00. The van der Waals surface area contributed by atoms with Crippen LogP contribution in [-0.4, -0.2) is 25.2 Å². The lowest BCUT2D eigenvalue weighted by Crippen LogP contribution is -2.24. The van der Waals surface area contributed by atoms with Gasteiger partial charge in [0.2, 0.25) is 0 Å². The van der Waals surface area contributed by atoms with Gasteiger partial charge in [-0.3, -0.25) is 0 Å². The van der Waals surface area contributed by atoms with Crippen LogP contribution in [0.2, 0.25) is 0 Å². The molecule has 0 radical (unpaired) electrons. The summed E-state index contributed by atoms with van der Waals surface area (Å²) in [6.07, 6.45) is 4.34. The van der Waals surface area contributed by atoms with Gasteiger partial charge in [-0.05, 0) is 30.5 Å². The normalized spacial score (nSPS) is 15.9. The number of nitrogens with zero attached hydrogens (tertiary/aromatic N) is 1. The second-order valence-electron chi connectivity index (χ2n) is 4.86. The summed E-state index contributed by atoms with van der Waals surface area (Å²) in [6, 6.07) is 6.78. The van der Waals surface area contributed by atoms with Crippen molar-refractivity contribution < 1.29 is 9.47 Å². The van der Waals surface area contributed by atoms with E-state index in [4.69, 9.17) is 9.47 Å². The predicted molar refractivity (Wildman–Crippen MR) is 79.7 cm³/mol. The molecular weight excluding hydrogens is 272 g/mol. The standard InChI is InChI=1S/C15H18N2O2S/c1-18-12-6-3-10(9-13(12)19-2)14(17-11-4-5-11)15-16-7-8-20-15/h3,6-9,11,14,17H,4-5H2,1-2H3. The summed E-state index contributed by atoms with van der Waals surface area (Å²) in [4.78, 5) is 4.46. The molecule has 4 nitrogen and oxygen atoms in total. The van der Waals surface area contributed by atoms with Gasteiger partial charge in [0.1, 0.15) is 5.01 Å². The molecule has 2 aromatic rings. The van der Waals surface area contributed by atoms with Gasteiger partial charge in [-0.2, -0.15) is 0 Å². The van der Waals surface area contributed by atoms with E-state index in [9.17, 15) is 0 Å². The number of rotatable bonds is 6. The van der Waals surface area contributed by atoms with Gasteiger partial charge in [0, 0.05) is 17.6 Å². The highest BCUT2D eigenvalue weighted by Crippen LogP contribution is 2.34. The molecule has 1 aromatic carbocycles. The third-order valence-electron chi connectivity index (χ3n) is 3.42. The van der Waals surface area contributed by atoms with E-state index in [1.54, 1.807) is 25.6 Å². The van der Waals surface area contributed by atoms with Crippen molar-refractivity contribution in [3.8, 4) is 11.5 Å². The summed E-state index contributed by atoms with van der Waals surface area (Å²) >= 11 is 1.67. The molecule has 0 bridgehead atoms. The maximum atomic E-state index is 5.40. The molecule has 0 saturated heterocycles. The Morgan fingerprint density at radius 3 is 2.65 bits per heavy atom. The van der Waals surface area contributed by atoms with Crippen LogP contribution in [-0.2, 0) is 0 Å². The number of ether oxygens (including phenoxy) is 2. The molecule has 1 fully saturated rings. The zero-order valence-electron chi connectivity index (χ0n) is 11.6. The third kappa shape index (κ3) is 2.78. The number of thiazole rings is 1. The van der Waals surface area contributed by atoms with Gasteiger partial charge in [-0.1, -0.05) is 6.07 Å². The van der Waals surface area contributed by atoms with Crippen molar-refractivity contribution in [1.82, 2.24) is 10.3 Å². The number of benzene rings is 1. The second-order valence-corrected chi connectivity index (χ2v) is 5.78. The van der Waals surface area contributed by atoms with E-state index in [-0.39, 0.29) is 6.04 Å². The van der Waals surface area contributed by atoms with Crippen LogP contribution in [0.25, 0.3) is 0 Å². The minimum Gasteiger partial charge on any atom is -0.493 e. The summed E-state index contributed by atoms with van der Waals surface area (Å²) in [5.41, 5.74) is 1.16. The fourth-order valence-corrected chi connectivity index (χ4v) is 2.93. The van der Waals surface area contributed by atoms with Crippen LogP contribution in [0.3, 0.4) is 0 Å². The van der Waals surface area contributed by atoms with Crippen LogP contribution in [0.1, 0.15) is 29.5 Å². The monoisotopic (exact) mass is 290 g/mol. The molecule has 1 aliphatic carbocycles. The lowest BCUT2D eigenvalue weighted by atomic mass is 10.1. The highest BCUT2D eigenvalue weighted by atomic mass is 32.1. The molecule has 1 heterocycles. The summed E-state index contributed by atoms with van der Waals surface area (Å²) in [5.74, 6) is 1.50. The lowest BCUT2D eigenvalue weighted by molar-refractivity contribution is 0.354. The topological polar surface area (TPSA) is 43.4 Å². The molecule has 1 N–H and O–H groups in total. The Hall–Kier alpha value is -1.59. The fourth-order valence-electron chi connectivity index (χ4n) is 2.21. The molecule has 0 spiro atoms. The summed E-state index contributed by atoms with van der Waals surface area (Å²) < 4.78 is 10.7. The maximum absolute atomic E-state index is 5.40. The fraction of sp³-hybridized carbons (Fsp3) is 0.400. The van der Waals surface area contributed by atoms with Gasteiger partial charge in [0.25, 0.3) is 0 Å². The third-order valence-corrected chi connectivity index (χ3v) is 4.26. The zero-order chi connectivity index (χ0) is 13.9. The summed E-state index contributed by atoms with van der Waals surface area (Å²) in [7, 11) is 3.31. The van der Waals surface area contributed by atoms with Crippen molar-refractivity contribution in [2.24, 2.45) is 0 Å². The molecule has 1 aromatic heterocycles. The first-order valence-corrected chi connectivity index (χ1v) is 7.57. The Morgan fingerprint density at radius 2 is 2.05 bits per heavy atom. The summed E-state index contributed by atoms with van der Waals surface area (Å²) in [6.45, 7) is 0. The van der Waals surface area contributed by atoms with E-state index in [1.165, 1.54) is 12.8 Å². The average molecular weight is 290 g/mol. The Balaban J connectivity index is 1.93. The van der Waals surface area contributed by atoms with Crippen LogP contribution in [0.15, 0.2) is 29.8 Å². The van der Waals surface area contributed by atoms with Gasteiger partial charge in [-0.25, -0.2) is 4.98 Å². The van der Waals surface area contributed by atoms with E-state index in [0.29, 0.717) is 6.04 Å². The van der Waals surface area contributed by atoms with Crippen molar-refractivity contribution in [2.45, 2.75) is 24.9 Å². The molecular formula is C15H18N2O2S. The van der Waals surface area contributed by atoms with Gasteiger partial charge in [0.05, 0.1) is 20.3 Å². The zero-order valence-corrected chi connectivity index (χ0v) is 12.4. The highest BCUT2D eigenvalue weighted by molar-refractivity contribution is 7.09. The lowest BCUT2D eigenvalue weighted by Gasteiger charge is -2.18. The maximum Gasteiger partial charge on any atom is 0.161 e. The van der Waals surface area contributed by atoms with E-state index < -0.39 is 0 Å². The highest BCUT2D eigenvalue weighted by Gasteiger charge is 2.28. The van der Waals surface area contributed by atoms with Crippen LogP contribution in [0.4, 0.5) is 0 Å². The minimum absolute atomic E-state index is 0.127. The molecule has 0 aliphatic heterocycles. The van der Waals surface area contributed by atoms with E-state index in [2.05, 4.69) is 16.4 Å². The Bertz CT molecular complexity index is 567. The largest absolute Gasteiger partial charge is 0.493 e. The van der Waals surface area contributed by atoms with Gasteiger partial charge < -0.3 is 14.8 Å². The summed E-state index contributed by atoms with van der Waals surface area (Å²) in [5, 5.41) is 6.75. The molecule has 0 amide bonds.